The van der Waals surface area contributed by atoms with Crippen LogP contribution in [-0.2, 0) is 22.3 Å². The molecule has 8 nitrogen and oxygen atoms in total. The number of methoxy groups -OCH3 is 1. The highest BCUT2D eigenvalue weighted by Gasteiger charge is 2.26. The number of nitrogens with zero attached hydrogens (tertiary/aromatic N) is 2. The second-order valence-electron chi connectivity index (χ2n) is 8.42. The molecule has 2 aliphatic heterocycles. The lowest BCUT2D eigenvalue weighted by Crippen LogP contribution is -2.19. The second-order valence-corrected chi connectivity index (χ2v) is 8.42. The maximum atomic E-state index is 11.8. The Hall–Kier alpha value is -4.43. The fraction of sp³-hybridized carbons (Fsp3) is 0.172. The monoisotopic (exact) mass is 532 g/mol. The van der Waals surface area contributed by atoms with Crippen LogP contribution in [0.4, 0.5) is 0 Å². The number of cyclic esters (lactones) is 2. The van der Waals surface area contributed by atoms with Crippen molar-refractivity contribution in [1.29, 1.82) is 0 Å². The zero-order valence-electron chi connectivity index (χ0n) is 20.5. The van der Waals surface area contributed by atoms with Crippen LogP contribution in [0.3, 0.4) is 0 Å². The smallest absolute Gasteiger partial charge is 0.343 e. The first-order valence-corrected chi connectivity index (χ1v) is 11.8. The number of rotatable bonds is 3. The van der Waals surface area contributed by atoms with E-state index in [0.717, 1.165) is 27.9 Å². The van der Waals surface area contributed by atoms with Crippen LogP contribution >= 0.6 is 12.4 Å². The third kappa shape index (κ3) is 5.45. The first-order valence-electron chi connectivity index (χ1n) is 11.8. The number of esters is 2. The number of halogens is 1. The van der Waals surface area contributed by atoms with Gasteiger partial charge in [-0.05, 0) is 23.3 Å². The highest BCUT2D eigenvalue weighted by Crippen LogP contribution is 2.31. The Balaban J connectivity index is 0.000000173. The van der Waals surface area contributed by atoms with Crippen LogP contribution in [0, 0.1) is 0 Å². The van der Waals surface area contributed by atoms with Gasteiger partial charge in [-0.3, -0.25) is 0 Å². The van der Waals surface area contributed by atoms with E-state index in [0.29, 0.717) is 43.2 Å². The molecule has 0 saturated heterocycles. The minimum absolute atomic E-state index is 0. The molecule has 0 amide bonds. The van der Waals surface area contributed by atoms with E-state index in [4.69, 9.17) is 14.2 Å². The van der Waals surface area contributed by atoms with Gasteiger partial charge < -0.3 is 19.3 Å². The van der Waals surface area contributed by atoms with E-state index in [1.807, 2.05) is 72.8 Å². The molecule has 1 N–H and O–H groups in total. The van der Waals surface area contributed by atoms with Crippen LogP contribution in [0.25, 0.3) is 22.5 Å². The summed E-state index contributed by atoms with van der Waals surface area (Å²) in [5, 5.41) is 9.86. The summed E-state index contributed by atoms with van der Waals surface area (Å²) in [4.78, 5) is 31.8. The molecule has 4 aromatic rings. The molecule has 0 spiro atoms. The van der Waals surface area contributed by atoms with Crippen molar-refractivity contribution in [3.63, 3.8) is 0 Å². The SMILES string of the molecule is COc1nc(-c2ccccc2)cc2c1C(=O)OCC2.Cl.O=C1OCCc2cc(-c3ccccc3)nc(O)c21. The molecule has 4 heterocycles. The van der Waals surface area contributed by atoms with Gasteiger partial charge in [0, 0.05) is 24.0 Å². The second kappa shape index (κ2) is 11.7. The van der Waals surface area contributed by atoms with Gasteiger partial charge in [0.2, 0.25) is 11.8 Å². The fourth-order valence-corrected chi connectivity index (χ4v) is 4.30. The molecule has 6 rings (SSSR count). The number of ether oxygens (including phenoxy) is 3. The number of benzene rings is 2. The lowest BCUT2D eigenvalue weighted by Gasteiger charge is -2.18. The van der Waals surface area contributed by atoms with E-state index in [1.54, 1.807) is 0 Å². The molecule has 0 aliphatic carbocycles. The van der Waals surface area contributed by atoms with Crippen molar-refractivity contribution in [2.75, 3.05) is 20.3 Å². The molecular weight excluding hydrogens is 508 g/mol. The summed E-state index contributed by atoms with van der Waals surface area (Å²) in [5.74, 6) is -0.775. The standard InChI is InChI=1S/C15H13NO3.C14H11NO3.ClH/c1-18-14-13-11(7-8-19-15(13)17)9-12(16-14)10-5-3-2-4-6-10;16-13-12-10(6-7-18-14(12)17)8-11(15-13)9-4-2-1-3-5-9;/h2-6,9H,7-8H2,1H3;1-5,8H,6-7H2,(H,15,16);1H. The van der Waals surface area contributed by atoms with Gasteiger partial charge in [0.25, 0.3) is 0 Å². The van der Waals surface area contributed by atoms with Crippen LogP contribution in [0.15, 0.2) is 72.8 Å². The molecule has 0 unspecified atom stereocenters. The quantitative estimate of drug-likeness (QED) is 0.365. The predicted octanol–water partition coefficient (Wildman–Crippen LogP) is 5.06. The fourth-order valence-electron chi connectivity index (χ4n) is 4.30. The van der Waals surface area contributed by atoms with E-state index < -0.39 is 5.97 Å². The number of pyridine rings is 2. The Morgan fingerprint density at radius 2 is 1.21 bits per heavy atom. The van der Waals surface area contributed by atoms with Crippen molar-refractivity contribution in [2.45, 2.75) is 12.8 Å². The van der Waals surface area contributed by atoms with Crippen LogP contribution < -0.4 is 4.74 Å². The van der Waals surface area contributed by atoms with Gasteiger partial charge in [-0.1, -0.05) is 60.7 Å². The van der Waals surface area contributed by atoms with E-state index in [1.165, 1.54) is 7.11 Å². The molecular formula is C29H25ClN2O6. The molecule has 9 heteroatoms. The lowest BCUT2D eigenvalue weighted by molar-refractivity contribution is 0.0465. The van der Waals surface area contributed by atoms with Crippen molar-refractivity contribution in [2.24, 2.45) is 0 Å². The summed E-state index contributed by atoms with van der Waals surface area (Å²) >= 11 is 0. The summed E-state index contributed by atoms with van der Waals surface area (Å²) in [6.45, 7) is 0.761. The third-order valence-corrected chi connectivity index (χ3v) is 6.10. The number of hydrogen-bond acceptors (Lipinski definition) is 8. The van der Waals surface area contributed by atoms with Gasteiger partial charge in [0.15, 0.2) is 0 Å². The van der Waals surface area contributed by atoms with Crippen LogP contribution in [-0.4, -0.2) is 47.3 Å². The molecule has 0 radical (unpaired) electrons. The van der Waals surface area contributed by atoms with Crippen molar-refractivity contribution >= 4 is 24.3 Å². The summed E-state index contributed by atoms with van der Waals surface area (Å²) in [6, 6.07) is 23.2. The van der Waals surface area contributed by atoms with Crippen molar-refractivity contribution < 1.29 is 28.9 Å². The maximum absolute atomic E-state index is 11.8. The maximum Gasteiger partial charge on any atom is 0.343 e. The summed E-state index contributed by atoms with van der Waals surface area (Å²) in [5.41, 5.74) is 5.76. The number of hydrogen-bond donors (Lipinski definition) is 1. The van der Waals surface area contributed by atoms with Gasteiger partial charge in [0.05, 0.1) is 31.7 Å². The molecule has 0 fully saturated rings. The largest absolute Gasteiger partial charge is 0.493 e. The van der Waals surface area contributed by atoms with Crippen LogP contribution in [0.1, 0.15) is 31.8 Å². The zero-order valence-corrected chi connectivity index (χ0v) is 21.4. The Morgan fingerprint density at radius 1 is 0.737 bits per heavy atom. The number of carbonyl (C=O) groups excluding carboxylic acids is 2. The van der Waals surface area contributed by atoms with Crippen molar-refractivity contribution in [3.05, 3.63) is 95.1 Å². The normalized spacial score (nSPS) is 13.4. The first-order chi connectivity index (χ1) is 18.0. The highest BCUT2D eigenvalue weighted by atomic mass is 35.5. The number of fused-ring (bicyclic) bond motifs is 2. The molecule has 194 valence electrons. The molecule has 0 bridgehead atoms. The molecule has 2 aromatic heterocycles. The lowest BCUT2D eigenvalue weighted by atomic mass is 10.0. The third-order valence-electron chi connectivity index (χ3n) is 6.10. The van der Waals surface area contributed by atoms with Crippen LogP contribution in [0.5, 0.6) is 11.8 Å². The molecule has 0 saturated carbocycles. The summed E-state index contributed by atoms with van der Waals surface area (Å²) in [6.07, 6.45) is 1.30. The van der Waals surface area contributed by atoms with Crippen molar-refractivity contribution in [1.82, 2.24) is 9.97 Å². The van der Waals surface area contributed by atoms with Gasteiger partial charge in [-0.15, -0.1) is 12.4 Å². The minimum atomic E-state index is -0.499. The average molecular weight is 533 g/mol. The highest BCUT2D eigenvalue weighted by molar-refractivity contribution is 5.95. The van der Waals surface area contributed by atoms with Gasteiger partial charge in [-0.2, -0.15) is 0 Å². The van der Waals surface area contributed by atoms with Gasteiger partial charge in [-0.25, -0.2) is 19.6 Å². The minimum Gasteiger partial charge on any atom is -0.493 e. The predicted molar refractivity (Wildman–Crippen MR) is 143 cm³/mol. The van der Waals surface area contributed by atoms with Crippen LogP contribution in [0.2, 0.25) is 0 Å². The zero-order chi connectivity index (χ0) is 25.8. The Labute approximate surface area is 225 Å². The molecule has 38 heavy (non-hydrogen) atoms. The van der Waals surface area contributed by atoms with E-state index >= 15 is 0 Å². The van der Waals surface area contributed by atoms with Gasteiger partial charge >= 0.3 is 11.9 Å². The van der Waals surface area contributed by atoms with Gasteiger partial charge in [0.1, 0.15) is 11.1 Å². The Kier molecular flexibility index (Phi) is 8.23. The Morgan fingerprint density at radius 3 is 1.74 bits per heavy atom. The summed E-state index contributed by atoms with van der Waals surface area (Å²) in [7, 11) is 1.51. The summed E-state index contributed by atoms with van der Waals surface area (Å²) < 4.78 is 15.2. The average Bonchev–Trinajstić information content (AvgIpc) is 2.94. The number of carbonyl (C=O) groups is 2. The Bertz CT molecular complexity index is 1440. The molecule has 0 atom stereocenters. The van der Waals surface area contributed by atoms with Crippen molar-refractivity contribution in [3.8, 4) is 34.3 Å². The number of aromatic hydroxyl groups is 1. The molecule has 2 aromatic carbocycles. The van der Waals surface area contributed by atoms with E-state index in [2.05, 4.69) is 9.97 Å². The van der Waals surface area contributed by atoms with E-state index in [9.17, 15) is 14.7 Å². The molecule has 2 aliphatic rings. The van der Waals surface area contributed by atoms with E-state index in [-0.39, 0.29) is 29.8 Å². The first kappa shape index (κ1) is 26.6. The number of aromatic nitrogens is 2. The topological polar surface area (TPSA) is 108 Å².